The molecule has 0 aromatic heterocycles. The van der Waals surface area contributed by atoms with Crippen LogP contribution in [0, 0.1) is 34.0 Å². The fourth-order valence-corrected chi connectivity index (χ4v) is 12.2. The van der Waals surface area contributed by atoms with Gasteiger partial charge in [0.15, 0.2) is 5.60 Å². The summed E-state index contributed by atoms with van der Waals surface area (Å²) in [6.45, 7) is 6.88. The van der Waals surface area contributed by atoms with Crippen LogP contribution in [0.1, 0.15) is 47.5 Å². The second-order valence-electron chi connectivity index (χ2n) is 15.8. The predicted octanol–water partition coefficient (Wildman–Crippen LogP) is -0.203. The summed E-state index contributed by atoms with van der Waals surface area (Å²) in [4.78, 5) is 54.4. The van der Waals surface area contributed by atoms with Gasteiger partial charge in [-0.25, -0.2) is 9.59 Å². The van der Waals surface area contributed by atoms with Gasteiger partial charge in [-0.1, -0.05) is 13.0 Å². The zero-order valence-corrected chi connectivity index (χ0v) is 29.4. The molecule has 1 spiro atoms. The van der Waals surface area contributed by atoms with Crippen LogP contribution in [-0.4, -0.2) is 126 Å². The first kappa shape index (κ1) is 34.9. The van der Waals surface area contributed by atoms with Gasteiger partial charge in [0.1, 0.15) is 28.8 Å². The summed E-state index contributed by atoms with van der Waals surface area (Å²) < 4.78 is 54.0. The average Bonchev–Trinajstić information content (AvgIpc) is 3.47. The molecule has 3 aliphatic carbocycles. The molecule has 0 unspecified atom stereocenters. The van der Waals surface area contributed by atoms with E-state index >= 15 is 0 Å². The van der Waals surface area contributed by atoms with Crippen molar-refractivity contribution in [1.29, 1.82) is 0 Å². The van der Waals surface area contributed by atoms with Gasteiger partial charge in [-0.3, -0.25) is 9.59 Å². The topological polar surface area (TPSA) is 215 Å². The van der Waals surface area contributed by atoms with Crippen LogP contribution in [0.4, 0.5) is 0 Å². The Morgan fingerprint density at radius 1 is 0.961 bits per heavy atom. The number of esters is 4. The quantitative estimate of drug-likeness (QED) is 0.140. The van der Waals surface area contributed by atoms with Crippen molar-refractivity contribution in [2.45, 2.75) is 107 Å². The molecule has 51 heavy (non-hydrogen) atoms. The zero-order valence-electron chi connectivity index (χ0n) is 29.4. The Labute approximate surface area is 293 Å². The second-order valence-corrected chi connectivity index (χ2v) is 15.8. The molecule has 0 amide bonds. The highest BCUT2D eigenvalue weighted by Gasteiger charge is 2.97. The Morgan fingerprint density at radius 3 is 2.31 bits per heavy atom. The molecule has 3 N–H and O–H groups in total. The lowest BCUT2D eigenvalue weighted by molar-refractivity contribution is -0.314. The summed E-state index contributed by atoms with van der Waals surface area (Å²) in [5.74, 6) is -9.76. The normalized spacial score (nSPS) is 53.9. The number of epoxide rings is 1. The molecule has 0 radical (unpaired) electrons. The van der Waals surface area contributed by atoms with E-state index in [1.54, 1.807) is 33.8 Å². The largest absolute Gasteiger partial charge is 0.469 e. The molecule has 5 aliphatic heterocycles. The molecule has 7 fully saturated rings. The van der Waals surface area contributed by atoms with Crippen LogP contribution in [-0.2, 0) is 61.8 Å². The van der Waals surface area contributed by atoms with Gasteiger partial charge < -0.3 is 58.0 Å². The molecule has 2 bridgehead atoms. The first-order chi connectivity index (χ1) is 23.9. The SMILES string of the molecule is C/C=C(\C)C(=O)O[C@@H]1C[C@@H](OC(C)=O)[C@@]2(C(=O)OC)CO[C@H]3[C@@H](O)[C@@](C)([C@]45O[C@@]4(C)[C@@H]4C[C@H]5O[C@@H]5OC=C[C@@]54O)[C@H]4[C@]1(CO[C@]4(O)C(=O)OC)[C@@H]32. The van der Waals surface area contributed by atoms with E-state index in [1.165, 1.54) is 19.3 Å². The summed E-state index contributed by atoms with van der Waals surface area (Å²) in [7, 11) is 2.23. The summed E-state index contributed by atoms with van der Waals surface area (Å²) in [6, 6.07) is 0. The van der Waals surface area contributed by atoms with Crippen molar-refractivity contribution < 1.29 is 77.1 Å². The Bertz CT molecular complexity index is 1660. The summed E-state index contributed by atoms with van der Waals surface area (Å²) in [6.07, 6.45) is -3.11. The Balaban J connectivity index is 1.40. The monoisotopic (exact) mass is 720 g/mol. The number of rotatable bonds is 6. The van der Waals surface area contributed by atoms with E-state index in [0.29, 0.717) is 0 Å². The molecule has 0 aromatic carbocycles. The van der Waals surface area contributed by atoms with E-state index in [2.05, 4.69) is 0 Å². The van der Waals surface area contributed by atoms with Gasteiger partial charge in [0.2, 0.25) is 6.29 Å². The van der Waals surface area contributed by atoms with E-state index in [1.807, 2.05) is 0 Å². The van der Waals surface area contributed by atoms with Crippen LogP contribution in [0.15, 0.2) is 24.0 Å². The number of ether oxygens (including phenoxy) is 9. The van der Waals surface area contributed by atoms with Crippen molar-refractivity contribution in [3.63, 3.8) is 0 Å². The van der Waals surface area contributed by atoms with Gasteiger partial charge in [0.25, 0.3) is 5.79 Å². The Morgan fingerprint density at radius 2 is 1.67 bits per heavy atom. The maximum absolute atomic E-state index is 14.2. The number of allylic oxidation sites excluding steroid dienone is 1. The number of carbonyl (C=O) groups excluding carboxylic acids is 4. The van der Waals surface area contributed by atoms with Crippen molar-refractivity contribution in [3.8, 4) is 0 Å². The third-order valence-electron chi connectivity index (χ3n) is 14.1. The number of aliphatic hydroxyl groups is 3. The highest BCUT2D eigenvalue weighted by Crippen LogP contribution is 2.83. The fraction of sp³-hybridized carbons (Fsp3) is 0.771. The number of fused-ring (bicyclic) bond motifs is 7. The van der Waals surface area contributed by atoms with E-state index < -0.39 is 130 Å². The Kier molecular flexibility index (Phi) is 7.20. The number of aliphatic hydroxyl groups excluding tert-OH is 1. The number of methoxy groups -OCH3 is 2. The predicted molar refractivity (Wildman–Crippen MR) is 164 cm³/mol. The lowest BCUT2D eigenvalue weighted by Crippen LogP contribution is -2.79. The van der Waals surface area contributed by atoms with Crippen LogP contribution in [0.3, 0.4) is 0 Å². The molecular formula is C35H44O16. The zero-order chi connectivity index (χ0) is 36.9. The summed E-state index contributed by atoms with van der Waals surface area (Å²) in [5, 5.41) is 37.4. The highest BCUT2D eigenvalue weighted by molar-refractivity contribution is 5.88. The van der Waals surface area contributed by atoms with E-state index in [-0.39, 0.29) is 18.4 Å². The van der Waals surface area contributed by atoms with E-state index in [0.717, 1.165) is 14.2 Å². The molecular weight excluding hydrogens is 676 g/mol. The smallest absolute Gasteiger partial charge is 0.366 e. The molecule has 4 saturated heterocycles. The molecule has 5 heterocycles. The number of hydrogen-bond acceptors (Lipinski definition) is 16. The van der Waals surface area contributed by atoms with E-state index in [9.17, 15) is 34.5 Å². The maximum Gasteiger partial charge on any atom is 0.366 e. The van der Waals surface area contributed by atoms with Gasteiger partial charge in [-0.2, -0.15) is 0 Å². The third-order valence-corrected chi connectivity index (χ3v) is 14.1. The van der Waals surface area contributed by atoms with Crippen molar-refractivity contribution in [2.75, 3.05) is 27.4 Å². The van der Waals surface area contributed by atoms with Crippen LogP contribution in [0.5, 0.6) is 0 Å². The summed E-state index contributed by atoms with van der Waals surface area (Å²) in [5.41, 5.74) is -9.47. The first-order valence-corrected chi connectivity index (χ1v) is 17.2. The standard InChI is InChI=1S/C35H44O16/c1-8-15(2)24(38)49-18-12-19(48-16(3)36)32(26(39)43-6)13-46-21-22(32)31(18)14-47-34(42,27(40)44-7)25(31)29(4,23(21)37)35-20-11-17(30(35,5)51-35)33(41)9-10-45-28(33)50-20/h8-10,17-23,25,28,37,41-42H,11-14H2,1-7H3/b15-8+/t17-,18+,19+,20+,21+,22+,23+,25-,28-,29+,30-,31-,32-,33-,34-,35-/m0/s1. The van der Waals surface area contributed by atoms with E-state index in [4.69, 9.17) is 42.6 Å². The number of carbonyl (C=O) groups is 4. The molecule has 16 heteroatoms. The lowest BCUT2D eigenvalue weighted by Gasteiger charge is -2.65. The average molecular weight is 721 g/mol. The van der Waals surface area contributed by atoms with Crippen molar-refractivity contribution >= 4 is 23.9 Å². The molecule has 3 saturated carbocycles. The molecule has 8 rings (SSSR count). The van der Waals surface area contributed by atoms with Crippen LogP contribution in [0.25, 0.3) is 0 Å². The van der Waals surface area contributed by atoms with Crippen molar-refractivity contribution in [3.05, 3.63) is 24.0 Å². The first-order valence-electron chi connectivity index (χ1n) is 17.2. The highest BCUT2D eigenvalue weighted by atomic mass is 16.7. The fourth-order valence-electron chi connectivity index (χ4n) is 12.2. The third kappa shape index (κ3) is 3.65. The molecule has 16 atom stereocenters. The molecule has 280 valence electrons. The minimum Gasteiger partial charge on any atom is -0.469 e. The van der Waals surface area contributed by atoms with Crippen LogP contribution in [0.2, 0.25) is 0 Å². The molecule has 0 aromatic rings. The van der Waals surface area contributed by atoms with Crippen molar-refractivity contribution in [2.24, 2.45) is 34.0 Å². The Hall–Kier alpha value is -3.12. The van der Waals surface area contributed by atoms with Gasteiger partial charge >= 0.3 is 23.9 Å². The summed E-state index contributed by atoms with van der Waals surface area (Å²) >= 11 is 0. The van der Waals surface area contributed by atoms with Gasteiger partial charge in [0.05, 0.1) is 52.0 Å². The van der Waals surface area contributed by atoms with Gasteiger partial charge in [-0.15, -0.1) is 0 Å². The second kappa shape index (κ2) is 10.5. The minimum absolute atomic E-state index is 0.235. The van der Waals surface area contributed by atoms with Crippen LogP contribution >= 0.6 is 0 Å². The van der Waals surface area contributed by atoms with Gasteiger partial charge in [0, 0.05) is 47.5 Å². The minimum atomic E-state index is -2.82. The maximum atomic E-state index is 14.2. The lowest BCUT2D eigenvalue weighted by atomic mass is 9.37. The number of hydrogen-bond donors (Lipinski definition) is 3. The molecule has 8 aliphatic rings. The van der Waals surface area contributed by atoms with Crippen molar-refractivity contribution in [1.82, 2.24) is 0 Å². The van der Waals surface area contributed by atoms with Crippen LogP contribution < -0.4 is 0 Å². The van der Waals surface area contributed by atoms with Gasteiger partial charge in [-0.05, 0) is 33.3 Å². The molecule has 16 nitrogen and oxygen atoms in total.